The molecule has 1 saturated heterocycles. The number of aliphatic hydroxyl groups is 1. The Bertz CT molecular complexity index is 391. The summed E-state index contributed by atoms with van der Waals surface area (Å²) in [4.78, 5) is 6.05. The number of aliphatic imine (C=N–C) groups is 1. The molecule has 2 unspecified atom stereocenters. The van der Waals surface area contributed by atoms with Crippen LogP contribution in [0.2, 0.25) is 0 Å². The lowest BCUT2D eigenvalue weighted by atomic mass is 10.0. The highest BCUT2D eigenvalue weighted by Gasteiger charge is 2.34. The van der Waals surface area contributed by atoms with Crippen molar-refractivity contribution in [1.82, 2.24) is 15.5 Å². The van der Waals surface area contributed by atoms with Gasteiger partial charge in [0, 0.05) is 32.8 Å². The van der Waals surface area contributed by atoms with E-state index in [1.54, 1.807) is 0 Å². The van der Waals surface area contributed by atoms with Crippen molar-refractivity contribution in [1.29, 1.82) is 0 Å². The van der Waals surface area contributed by atoms with Gasteiger partial charge in [-0.15, -0.1) is 24.0 Å². The molecule has 0 saturated carbocycles. The highest BCUT2D eigenvalue weighted by atomic mass is 127. The molecule has 1 rings (SSSR count). The number of guanidine groups is 1. The molecule has 2 atom stereocenters. The van der Waals surface area contributed by atoms with E-state index in [4.69, 9.17) is 5.11 Å². The normalized spacial score (nSPS) is 19.9. The lowest BCUT2D eigenvalue weighted by molar-refractivity contribution is -0.143. The van der Waals surface area contributed by atoms with Crippen LogP contribution in [-0.4, -0.2) is 68.0 Å². The van der Waals surface area contributed by atoms with Crippen molar-refractivity contribution in [2.75, 3.05) is 45.9 Å². The van der Waals surface area contributed by atoms with E-state index in [0.717, 1.165) is 32.2 Å². The first kappa shape index (κ1) is 25.7. The highest BCUT2D eigenvalue weighted by Crippen LogP contribution is 2.22. The van der Waals surface area contributed by atoms with E-state index in [1.165, 1.54) is 4.90 Å². The predicted molar refractivity (Wildman–Crippen MR) is 110 cm³/mol. The lowest BCUT2D eigenvalue weighted by Gasteiger charge is -2.19. The van der Waals surface area contributed by atoms with Crippen molar-refractivity contribution in [2.45, 2.75) is 45.7 Å². The quantitative estimate of drug-likeness (QED) is 0.249. The van der Waals surface area contributed by atoms with Crippen LogP contribution in [0.3, 0.4) is 0 Å². The Hall–Kier alpha value is -0.290. The second-order valence-electron chi connectivity index (χ2n) is 6.77. The highest BCUT2D eigenvalue weighted by molar-refractivity contribution is 14.0. The van der Waals surface area contributed by atoms with Crippen LogP contribution in [0.25, 0.3) is 0 Å². The maximum Gasteiger partial charge on any atom is 0.401 e. The number of halogens is 4. The van der Waals surface area contributed by atoms with Crippen LogP contribution in [-0.2, 0) is 0 Å². The van der Waals surface area contributed by atoms with Gasteiger partial charge in [0.25, 0.3) is 0 Å². The van der Waals surface area contributed by atoms with Gasteiger partial charge in [-0.3, -0.25) is 9.89 Å². The zero-order valence-corrected chi connectivity index (χ0v) is 18.1. The molecule has 26 heavy (non-hydrogen) atoms. The van der Waals surface area contributed by atoms with Crippen molar-refractivity contribution in [2.24, 2.45) is 16.8 Å². The summed E-state index contributed by atoms with van der Waals surface area (Å²) in [6.07, 6.45) is -0.531. The lowest BCUT2D eigenvalue weighted by Crippen LogP contribution is -2.41. The third-order valence-electron chi connectivity index (χ3n) is 4.42. The Morgan fingerprint density at radius 2 is 2.00 bits per heavy atom. The van der Waals surface area contributed by atoms with Crippen LogP contribution in [0.5, 0.6) is 0 Å². The van der Waals surface area contributed by atoms with Gasteiger partial charge in [0.15, 0.2) is 5.96 Å². The van der Waals surface area contributed by atoms with E-state index in [0.29, 0.717) is 38.1 Å². The van der Waals surface area contributed by atoms with Gasteiger partial charge in [0.1, 0.15) is 0 Å². The number of nitrogens with zero attached hydrogens (tertiary/aromatic N) is 2. The summed E-state index contributed by atoms with van der Waals surface area (Å²) >= 11 is 0. The largest absolute Gasteiger partial charge is 0.401 e. The summed E-state index contributed by atoms with van der Waals surface area (Å²) in [6, 6.07) is 0. The van der Waals surface area contributed by atoms with Gasteiger partial charge < -0.3 is 15.7 Å². The molecule has 1 aliphatic heterocycles. The average Bonchev–Trinajstić information content (AvgIpc) is 2.95. The number of rotatable bonds is 10. The van der Waals surface area contributed by atoms with Gasteiger partial charge >= 0.3 is 6.18 Å². The first-order valence-electron chi connectivity index (χ1n) is 9.30. The molecule has 0 bridgehead atoms. The molecule has 156 valence electrons. The molecule has 0 aliphatic carbocycles. The summed E-state index contributed by atoms with van der Waals surface area (Å²) < 4.78 is 37.3. The molecule has 1 fully saturated rings. The van der Waals surface area contributed by atoms with Crippen LogP contribution in [0.4, 0.5) is 13.2 Å². The van der Waals surface area contributed by atoms with Gasteiger partial charge in [-0.05, 0) is 44.6 Å². The minimum absolute atomic E-state index is 0. The third-order valence-corrected chi connectivity index (χ3v) is 4.42. The van der Waals surface area contributed by atoms with Gasteiger partial charge in [-0.1, -0.05) is 13.3 Å². The molecule has 9 heteroatoms. The Labute approximate surface area is 172 Å². The Morgan fingerprint density at radius 3 is 2.58 bits per heavy atom. The zero-order valence-electron chi connectivity index (χ0n) is 15.8. The van der Waals surface area contributed by atoms with Crippen molar-refractivity contribution in [3.63, 3.8) is 0 Å². The Morgan fingerprint density at radius 1 is 1.27 bits per heavy atom. The van der Waals surface area contributed by atoms with E-state index in [9.17, 15) is 13.2 Å². The fourth-order valence-electron chi connectivity index (χ4n) is 3.20. The Kier molecular flexibility index (Phi) is 13.7. The molecule has 5 nitrogen and oxygen atoms in total. The van der Waals surface area contributed by atoms with E-state index >= 15 is 0 Å². The maximum absolute atomic E-state index is 12.4. The summed E-state index contributed by atoms with van der Waals surface area (Å²) in [5.41, 5.74) is 0. The minimum Gasteiger partial charge on any atom is -0.396 e. The van der Waals surface area contributed by atoms with Gasteiger partial charge in [-0.2, -0.15) is 13.2 Å². The van der Waals surface area contributed by atoms with Crippen molar-refractivity contribution < 1.29 is 18.3 Å². The fourth-order valence-corrected chi connectivity index (χ4v) is 3.20. The molecule has 1 heterocycles. The monoisotopic (exact) mass is 494 g/mol. The predicted octanol–water partition coefficient (Wildman–Crippen LogP) is 2.84. The second-order valence-corrected chi connectivity index (χ2v) is 6.77. The number of aliphatic hydroxyl groups excluding tert-OH is 1. The van der Waals surface area contributed by atoms with Crippen molar-refractivity contribution in [3.8, 4) is 0 Å². The van der Waals surface area contributed by atoms with Gasteiger partial charge in [-0.25, -0.2) is 0 Å². The first-order valence-corrected chi connectivity index (χ1v) is 9.30. The molecular formula is C17H34F3IN4O. The molecule has 0 aromatic heterocycles. The van der Waals surface area contributed by atoms with Crippen LogP contribution >= 0.6 is 24.0 Å². The summed E-state index contributed by atoms with van der Waals surface area (Å²) in [6.45, 7) is 6.41. The van der Waals surface area contributed by atoms with Crippen molar-refractivity contribution >= 4 is 29.9 Å². The number of hydrogen-bond acceptors (Lipinski definition) is 3. The smallest absolute Gasteiger partial charge is 0.396 e. The fraction of sp³-hybridized carbons (Fsp3) is 0.941. The first-order chi connectivity index (χ1) is 11.9. The molecule has 0 amide bonds. The standard InChI is InChI=1S/C17H33F3N4O.HI/c1-3-5-14(7-9-25)10-22-16(21-4-2)23-11-15-6-8-24(12-15)13-17(18,19)20;/h14-15,25H,3-13H2,1-2H3,(H2,21,22,23);1H. The molecule has 0 aromatic rings. The zero-order chi connectivity index (χ0) is 18.7. The molecule has 0 aromatic carbocycles. The van der Waals surface area contributed by atoms with E-state index in [2.05, 4.69) is 22.5 Å². The van der Waals surface area contributed by atoms with E-state index in [-0.39, 0.29) is 36.5 Å². The number of alkyl halides is 3. The number of hydrogen-bond donors (Lipinski definition) is 3. The maximum atomic E-state index is 12.4. The number of nitrogens with one attached hydrogen (secondary N) is 2. The van der Waals surface area contributed by atoms with Gasteiger partial charge in [0.2, 0.25) is 0 Å². The minimum atomic E-state index is -4.13. The second kappa shape index (κ2) is 13.8. The summed E-state index contributed by atoms with van der Waals surface area (Å²) in [5.74, 6) is 1.27. The van der Waals surface area contributed by atoms with Crippen LogP contribution < -0.4 is 10.6 Å². The number of likely N-dealkylation sites (tertiary alicyclic amines) is 1. The molecule has 0 radical (unpaired) electrons. The van der Waals surface area contributed by atoms with E-state index < -0.39 is 12.7 Å². The van der Waals surface area contributed by atoms with Gasteiger partial charge in [0.05, 0.1) is 6.54 Å². The molecular weight excluding hydrogens is 460 g/mol. The topological polar surface area (TPSA) is 59.9 Å². The third kappa shape index (κ3) is 11.4. The van der Waals surface area contributed by atoms with Crippen LogP contribution in [0.1, 0.15) is 39.5 Å². The molecule has 1 aliphatic rings. The van der Waals surface area contributed by atoms with Crippen molar-refractivity contribution in [3.05, 3.63) is 0 Å². The Balaban J connectivity index is 0.00000625. The summed E-state index contributed by atoms with van der Waals surface area (Å²) in [5, 5.41) is 15.6. The molecule has 3 N–H and O–H groups in total. The average molecular weight is 494 g/mol. The molecule has 0 spiro atoms. The van der Waals surface area contributed by atoms with E-state index in [1.807, 2.05) is 6.92 Å². The summed E-state index contributed by atoms with van der Waals surface area (Å²) in [7, 11) is 0. The van der Waals surface area contributed by atoms with Crippen LogP contribution in [0, 0.1) is 11.8 Å². The SMILES string of the molecule is CCCC(CCO)CN=C(NCC)NCC1CCN(CC(F)(F)F)C1.I. The van der Waals surface area contributed by atoms with Crippen LogP contribution in [0.15, 0.2) is 4.99 Å².